The van der Waals surface area contributed by atoms with E-state index in [0.717, 1.165) is 12.8 Å². The first-order valence-electron chi connectivity index (χ1n) is 18.3. The van der Waals surface area contributed by atoms with Gasteiger partial charge in [-0.3, -0.25) is 0 Å². The summed E-state index contributed by atoms with van der Waals surface area (Å²) in [5, 5.41) is 0. The van der Waals surface area contributed by atoms with Crippen molar-refractivity contribution in [2.75, 3.05) is 0 Å². The number of hydrogen-bond donors (Lipinski definition) is 0. The molecular formula is C40H66O2Si2. The first kappa shape index (κ1) is 35.6. The van der Waals surface area contributed by atoms with Crippen LogP contribution in [-0.4, -0.2) is 28.8 Å². The summed E-state index contributed by atoms with van der Waals surface area (Å²) in [6.45, 7) is 27.6. The van der Waals surface area contributed by atoms with Gasteiger partial charge in [-0.25, -0.2) is 0 Å². The molecule has 2 nitrogen and oxygen atoms in total. The molecule has 4 rings (SSSR count). The van der Waals surface area contributed by atoms with E-state index in [1.54, 1.807) is 0 Å². The Morgan fingerprint density at radius 3 is 1.25 bits per heavy atom. The molecule has 0 heterocycles. The molecule has 0 aliphatic heterocycles. The second-order valence-corrected chi connectivity index (χ2v) is 25.8. The van der Waals surface area contributed by atoms with Gasteiger partial charge in [0, 0.05) is 12.2 Å². The van der Waals surface area contributed by atoms with Crippen LogP contribution < -0.4 is 0 Å². The summed E-state index contributed by atoms with van der Waals surface area (Å²) in [7, 11) is -3.96. The molecule has 2 fully saturated rings. The van der Waals surface area contributed by atoms with Gasteiger partial charge >= 0.3 is 0 Å². The molecule has 0 bridgehead atoms. The fourth-order valence-electron chi connectivity index (χ4n) is 9.90. The van der Waals surface area contributed by atoms with E-state index in [0.29, 0.717) is 69.9 Å². The quantitative estimate of drug-likeness (QED) is 0.117. The molecule has 2 saturated carbocycles. The molecule has 44 heavy (non-hydrogen) atoms. The number of fused-ring (bicyclic) bond motifs is 2. The van der Waals surface area contributed by atoms with Gasteiger partial charge < -0.3 is 8.85 Å². The van der Waals surface area contributed by atoms with Gasteiger partial charge in [0.25, 0.3) is 0 Å². The summed E-state index contributed by atoms with van der Waals surface area (Å²) in [6, 6.07) is 2.38. The average molecular weight is 635 g/mol. The van der Waals surface area contributed by atoms with Crippen molar-refractivity contribution in [1.29, 1.82) is 0 Å². The average Bonchev–Trinajstić information content (AvgIpc) is 3.52. The summed E-state index contributed by atoms with van der Waals surface area (Å²) >= 11 is 0. The van der Waals surface area contributed by atoms with Crippen molar-refractivity contribution in [3.05, 3.63) is 73.9 Å². The van der Waals surface area contributed by atoms with Crippen LogP contribution in [0.15, 0.2) is 73.9 Å². The molecule has 0 amide bonds. The summed E-state index contributed by atoms with van der Waals surface area (Å²) in [6.07, 6.45) is 31.1. The van der Waals surface area contributed by atoms with Crippen molar-refractivity contribution in [3.8, 4) is 0 Å². The zero-order valence-corrected chi connectivity index (χ0v) is 31.6. The van der Waals surface area contributed by atoms with E-state index < -0.39 is 16.6 Å². The van der Waals surface area contributed by atoms with Crippen molar-refractivity contribution < 1.29 is 8.85 Å². The SMILES string of the molecule is C=CCC[Si](OC1CC2C=CC=CC2C1CCC1C(O[Si](CCC=C)(C(C)C)C(C)C)CC2C=CC=CC21)(C(C)C)C(C)C. The zero-order valence-electron chi connectivity index (χ0n) is 29.6. The number of allylic oxidation sites excluding steroid dienone is 10. The van der Waals surface area contributed by atoms with Crippen LogP contribution in [0.3, 0.4) is 0 Å². The van der Waals surface area contributed by atoms with Crippen molar-refractivity contribution in [1.82, 2.24) is 0 Å². The van der Waals surface area contributed by atoms with E-state index in [2.05, 4.69) is 129 Å². The Kier molecular flexibility index (Phi) is 12.6. The van der Waals surface area contributed by atoms with Crippen LogP contribution in [0.1, 0.15) is 93.9 Å². The highest BCUT2D eigenvalue weighted by Crippen LogP contribution is 2.52. The van der Waals surface area contributed by atoms with E-state index >= 15 is 0 Å². The van der Waals surface area contributed by atoms with Crippen LogP contribution in [0.5, 0.6) is 0 Å². The summed E-state index contributed by atoms with van der Waals surface area (Å²) in [5.74, 6) is 3.58. The largest absolute Gasteiger partial charge is 0.413 e. The Bertz CT molecular complexity index is 965. The Hall–Kier alpha value is -1.21. The van der Waals surface area contributed by atoms with Crippen molar-refractivity contribution in [2.24, 2.45) is 35.5 Å². The highest BCUT2D eigenvalue weighted by atomic mass is 28.4. The van der Waals surface area contributed by atoms with Crippen molar-refractivity contribution in [2.45, 2.75) is 140 Å². The lowest BCUT2D eigenvalue weighted by molar-refractivity contribution is 0.0948. The molecule has 8 atom stereocenters. The van der Waals surface area contributed by atoms with Crippen LogP contribution in [-0.2, 0) is 8.85 Å². The van der Waals surface area contributed by atoms with E-state index in [4.69, 9.17) is 8.85 Å². The molecule has 4 heteroatoms. The van der Waals surface area contributed by atoms with Gasteiger partial charge in [-0.1, -0.05) is 116 Å². The Labute approximate surface area is 274 Å². The molecule has 0 saturated heterocycles. The minimum Gasteiger partial charge on any atom is -0.413 e. The molecule has 0 N–H and O–H groups in total. The number of hydrogen-bond acceptors (Lipinski definition) is 2. The van der Waals surface area contributed by atoms with E-state index in [1.165, 1.54) is 37.8 Å². The molecule has 246 valence electrons. The van der Waals surface area contributed by atoms with Crippen molar-refractivity contribution >= 4 is 16.6 Å². The lowest BCUT2D eigenvalue weighted by Gasteiger charge is -2.43. The summed E-state index contributed by atoms with van der Waals surface area (Å²) < 4.78 is 15.3. The van der Waals surface area contributed by atoms with Crippen LogP contribution >= 0.6 is 0 Å². The van der Waals surface area contributed by atoms with E-state index in [1.807, 2.05) is 0 Å². The second kappa shape index (κ2) is 15.6. The summed E-state index contributed by atoms with van der Waals surface area (Å²) in [5.41, 5.74) is 2.41. The lowest BCUT2D eigenvalue weighted by atomic mass is 9.79. The van der Waals surface area contributed by atoms with Crippen LogP contribution in [0.25, 0.3) is 0 Å². The number of rotatable bonds is 17. The fraction of sp³-hybridized carbons (Fsp3) is 0.700. The smallest absolute Gasteiger partial charge is 0.198 e. The van der Waals surface area contributed by atoms with E-state index in [9.17, 15) is 0 Å². The third-order valence-corrected chi connectivity index (χ3v) is 24.0. The minimum atomic E-state index is -1.98. The topological polar surface area (TPSA) is 18.5 Å². The first-order valence-corrected chi connectivity index (χ1v) is 22.8. The van der Waals surface area contributed by atoms with Gasteiger partial charge in [0.2, 0.25) is 0 Å². The molecule has 0 aromatic rings. The molecular weight excluding hydrogens is 569 g/mol. The van der Waals surface area contributed by atoms with Gasteiger partial charge in [-0.2, -0.15) is 0 Å². The second-order valence-electron chi connectivity index (χ2n) is 15.9. The standard InChI is InChI=1S/C40H66O2Si2/c1-11-13-25-43(29(3)4,30(5)6)41-39-27-33-19-15-17-21-35(33)37(39)23-24-38-36-22-18-16-20-34(36)28-40(38)42-44(31(7)8,32(9)10)26-14-12-2/h11-12,15-22,29-40H,1-2,13-14,23-28H2,3-10H3. The third-order valence-electron chi connectivity index (χ3n) is 12.5. The molecule has 4 aliphatic carbocycles. The fourth-order valence-corrected chi connectivity index (χ4v) is 19.2. The highest BCUT2D eigenvalue weighted by Gasteiger charge is 2.52. The predicted octanol–water partition coefficient (Wildman–Crippen LogP) is 12.0. The molecule has 4 aliphatic rings. The van der Waals surface area contributed by atoms with Crippen LogP contribution in [0.2, 0.25) is 34.3 Å². The summed E-state index contributed by atoms with van der Waals surface area (Å²) in [4.78, 5) is 0. The lowest BCUT2D eigenvalue weighted by Crippen LogP contribution is -2.49. The maximum atomic E-state index is 7.63. The monoisotopic (exact) mass is 634 g/mol. The molecule has 0 aromatic heterocycles. The maximum absolute atomic E-state index is 7.63. The molecule has 0 aromatic carbocycles. The normalized spacial score (nSPS) is 31.5. The molecule has 0 radical (unpaired) electrons. The van der Waals surface area contributed by atoms with Crippen LogP contribution in [0, 0.1) is 35.5 Å². The van der Waals surface area contributed by atoms with Gasteiger partial charge in [0.15, 0.2) is 16.6 Å². The third kappa shape index (κ3) is 7.34. The highest BCUT2D eigenvalue weighted by molar-refractivity contribution is 6.77. The van der Waals surface area contributed by atoms with Gasteiger partial charge in [-0.15, -0.1) is 13.2 Å². The van der Waals surface area contributed by atoms with Gasteiger partial charge in [0.05, 0.1) is 0 Å². The zero-order chi connectivity index (χ0) is 32.1. The maximum Gasteiger partial charge on any atom is 0.198 e. The van der Waals surface area contributed by atoms with Gasteiger partial charge in [0.1, 0.15) is 0 Å². The molecule has 8 unspecified atom stereocenters. The minimum absolute atomic E-state index is 0.351. The van der Waals surface area contributed by atoms with Crippen molar-refractivity contribution in [3.63, 3.8) is 0 Å². The van der Waals surface area contributed by atoms with E-state index in [-0.39, 0.29) is 0 Å². The Morgan fingerprint density at radius 1 is 0.591 bits per heavy atom. The first-order chi connectivity index (χ1) is 21.0. The Balaban J connectivity index is 1.61. The van der Waals surface area contributed by atoms with Crippen LogP contribution in [0.4, 0.5) is 0 Å². The molecule has 0 spiro atoms. The Morgan fingerprint density at radius 2 is 0.932 bits per heavy atom. The predicted molar refractivity (Wildman–Crippen MR) is 197 cm³/mol. The van der Waals surface area contributed by atoms with Gasteiger partial charge in [-0.05, 0) is 108 Å².